The van der Waals surface area contributed by atoms with Crippen LogP contribution in [0.3, 0.4) is 0 Å². The van der Waals surface area contributed by atoms with Crippen molar-refractivity contribution in [2.24, 2.45) is 0 Å². The first-order valence-electron chi connectivity index (χ1n) is 5.34. The fourth-order valence-electron chi connectivity index (χ4n) is 1.42. The molecule has 0 fully saturated rings. The van der Waals surface area contributed by atoms with Gasteiger partial charge in [-0.3, -0.25) is 0 Å². The zero-order valence-corrected chi connectivity index (χ0v) is 9.94. The summed E-state index contributed by atoms with van der Waals surface area (Å²) in [5.74, 6) is 0.653. The van der Waals surface area contributed by atoms with Gasteiger partial charge < -0.3 is 21.3 Å². The number of aliphatic hydroxyl groups excluding tert-OH is 2. The van der Waals surface area contributed by atoms with Gasteiger partial charge in [-0.1, -0.05) is 0 Å². The molecule has 1 rings (SSSR count). The Morgan fingerprint density at radius 2 is 1.94 bits per heavy atom. The molecular formula is C10H20N4O2. The van der Waals surface area contributed by atoms with Crippen LogP contribution in [0.1, 0.15) is 25.6 Å². The van der Waals surface area contributed by atoms with E-state index < -0.39 is 6.04 Å². The molecule has 0 aromatic carbocycles. The zero-order valence-electron chi connectivity index (χ0n) is 9.94. The van der Waals surface area contributed by atoms with E-state index in [0.717, 1.165) is 5.69 Å². The number of hydrogen-bond acceptors (Lipinski definition) is 5. The molecule has 0 aliphatic heterocycles. The number of nitrogens with one attached hydrogen (secondary N) is 1. The highest BCUT2D eigenvalue weighted by Gasteiger charge is 2.17. The molecular weight excluding hydrogens is 208 g/mol. The monoisotopic (exact) mass is 228 g/mol. The third kappa shape index (κ3) is 2.45. The van der Waals surface area contributed by atoms with Crippen LogP contribution in [0.15, 0.2) is 0 Å². The van der Waals surface area contributed by atoms with Crippen molar-refractivity contribution in [3.05, 3.63) is 5.69 Å². The Bertz CT molecular complexity index is 345. The summed E-state index contributed by atoms with van der Waals surface area (Å²) in [4.78, 5) is 0. The number of hydrogen-bond donors (Lipinski definition) is 4. The van der Waals surface area contributed by atoms with Crippen LogP contribution < -0.4 is 11.1 Å². The summed E-state index contributed by atoms with van der Waals surface area (Å²) < 4.78 is 1.75. The molecule has 5 N–H and O–H groups in total. The molecule has 1 heterocycles. The Morgan fingerprint density at radius 1 is 1.38 bits per heavy atom. The highest BCUT2D eigenvalue weighted by molar-refractivity contribution is 5.65. The van der Waals surface area contributed by atoms with E-state index >= 15 is 0 Å². The number of anilines is 2. The molecule has 0 saturated heterocycles. The predicted octanol–water partition coefficient (Wildman–Crippen LogP) is 0.120. The molecule has 0 aliphatic rings. The Morgan fingerprint density at radius 3 is 2.38 bits per heavy atom. The van der Waals surface area contributed by atoms with Crippen LogP contribution in [0.25, 0.3) is 0 Å². The molecule has 0 saturated carbocycles. The summed E-state index contributed by atoms with van der Waals surface area (Å²) in [5.41, 5.74) is 7.19. The third-order valence-electron chi connectivity index (χ3n) is 2.40. The van der Waals surface area contributed by atoms with E-state index in [4.69, 9.17) is 15.9 Å². The van der Waals surface area contributed by atoms with Gasteiger partial charge in [-0.05, 0) is 20.8 Å². The quantitative estimate of drug-likeness (QED) is 0.574. The van der Waals surface area contributed by atoms with E-state index in [1.807, 2.05) is 20.8 Å². The van der Waals surface area contributed by atoms with Gasteiger partial charge in [-0.15, -0.1) is 0 Å². The van der Waals surface area contributed by atoms with Crippen molar-refractivity contribution in [2.75, 3.05) is 24.3 Å². The standard InChI is InChI=1S/C10H20N4O2/c1-6(2)14-10(9(11)7(3)13-14)12-8(4-15)5-16/h6,8,12,15-16H,4-5,11H2,1-3H3. The van der Waals surface area contributed by atoms with Gasteiger partial charge in [0.2, 0.25) is 0 Å². The number of aromatic nitrogens is 2. The van der Waals surface area contributed by atoms with Crippen LogP contribution in [0, 0.1) is 6.92 Å². The SMILES string of the molecule is Cc1nn(C(C)C)c(NC(CO)CO)c1N. The lowest BCUT2D eigenvalue weighted by Crippen LogP contribution is -2.29. The summed E-state index contributed by atoms with van der Waals surface area (Å²) >= 11 is 0. The lowest BCUT2D eigenvalue weighted by Gasteiger charge is -2.18. The van der Waals surface area contributed by atoms with Crippen molar-refractivity contribution in [2.45, 2.75) is 32.9 Å². The van der Waals surface area contributed by atoms with E-state index in [1.165, 1.54) is 0 Å². The van der Waals surface area contributed by atoms with Crippen molar-refractivity contribution in [3.8, 4) is 0 Å². The smallest absolute Gasteiger partial charge is 0.148 e. The largest absolute Gasteiger partial charge is 0.394 e. The Balaban J connectivity index is 3.01. The minimum Gasteiger partial charge on any atom is -0.394 e. The molecule has 0 radical (unpaired) electrons. The molecule has 0 bridgehead atoms. The maximum atomic E-state index is 9.02. The summed E-state index contributed by atoms with van der Waals surface area (Å²) in [6.45, 7) is 5.50. The van der Waals surface area contributed by atoms with Gasteiger partial charge in [-0.2, -0.15) is 5.10 Å². The maximum absolute atomic E-state index is 9.02. The summed E-state index contributed by atoms with van der Waals surface area (Å²) in [6, 6.07) is -0.257. The average molecular weight is 228 g/mol. The molecule has 0 amide bonds. The Labute approximate surface area is 95.1 Å². The minimum absolute atomic E-state index is 0.155. The van der Waals surface area contributed by atoms with E-state index in [9.17, 15) is 0 Å². The van der Waals surface area contributed by atoms with Crippen LogP contribution in [-0.2, 0) is 0 Å². The number of nitrogen functional groups attached to an aromatic ring is 1. The van der Waals surface area contributed by atoms with Crippen molar-refractivity contribution in [1.29, 1.82) is 0 Å². The van der Waals surface area contributed by atoms with Gasteiger partial charge in [0, 0.05) is 6.04 Å². The molecule has 1 aromatic rings. The fourth-order valence-corrected chi connectivity index (χ4v) is 1.42. The number of rotatable bonds is 5. The van der Waals surface area contributed by atoms with Crippen molar-refractivity contribution in [3.63, 3.8) is 0 Å². The van der Waals surface area contributed by atoms with E-state index in [2.05, 4.69) is 10.4 Å². The van der Waals surface area contributed by atoms with Crippen LogP contribution in [0.4, 0.5) is 11.5 Å². The first kappa shape index (κ1) is 12.8. The highest BCUT2D eigenvalue weighted by Crippen LogP contribution is 2.25. The van der Waals surface area contributed by atoms with Crippen LogP contribution >= 0.6 is 0 Å². The second-order valence-corrected chi connectivity index (χ2v) is 4.09. The maximum Gasteiger partial charge on any atom is 0.148 e. The molecule has 0 atom stereocenters. The Kier molecular flexibility index (Phi) is 4.14. The van der Waals surface area contributed by atoms with Crippen LogP contribution in [0.5, 0.6) is 0 Å². The highest BCUT2D eigenvalue weighted by atomic mass is 16.3. The van der Waals surface area contributed by atoms with Gasteiger partial charge in [0.1, 0.15) is 5.82 Å². The molecule has 16 heavy (non-hydrogen) atoms. The van der Waals surface area contributed by atoms with Crippen molar-refractivity contribution >= 4 is 11.5 Å². The normalized spacial score (nSPS) is 11.4. The molecule has 0 spiro atoms. The molecule has 0 unspecified atom stereocenters. The second-order valence-electron chi connectivity index (χ2n) is 4.09. The van der Waals surface area contributed by atoms with Gasteiger partial charge in [0.05, 0.1) is 30.6 Å². The zero-order chi connectivity index (χ0) is 12.3. The fraction of sp³-hybridized carbons (Fsp3) is 0.700. The summed E-state index contributed by atoms with van der Waals surface area (Å²) in [5, 5.41) is 25.3. The number of nitrogens with zero attached hydrogens (tertiary/aromatic N) is 2. The molecule has 6 heteroatoms. The number of aliphatic hydroxyl groups is 2. The molecule has 92 valence electrons. The van der Waals surface area contributed by atoms with Crippen LogP contribution in [0.2, 0.25) is 0 Å². The van der Waals surface area contributed by atoms with E-state index in [0.29, 0.717) is 11.5 Å². The lowest BCUT2D eigenvalue weighted by atomic mass is 10.3. The van der Waals surface area contributed by atoms with Gasteiger partial charge in [0.25, 0.3) is 0 Å². The topological polar surface area (TPSA) is 96.3 Å². The summed E-state index contributed by atoms with van der Waals surface area (Å²) in [6.07, 6.45) is 0. The third-order valence-corrected chi connectivity index (χ3v) is 2.40. The summed E-state index contributed by atoms with van der Waals surface area (Å²) in [7, 11) is 0. The average Bonchev–Trinajstić information content (AvgIpc) is 2.53. The molecule has 1 aromatic heterocycles. The van der Waals surface area contributed by atoms with Crippen molar-refractivity contribution in [1.82, 2.24) is 9.78 Å². The van der Waals surface area contributed by atoms with Gasteiger partial charge in [-0.25, -0.2) is 4.68 Å². The minimum atomic E-state index is -0.420. The Hall–Kier alpha value is -1.27. The molecule has 6 nitrogen and oxygen atoms in total. The van der Waals surface area contributed by atoms with Crippen molar-refractivity contribution < 1.29 is 10.2 Å². The first-order chi connectivity index (χ1) is 7.51. The second kappa shape index (κ2) is 5.18. The number of aryl methyl sites for hydroxylation is 1. The van der Waals surface area contributed by atoms with Gasteiger partial charge in [0.15, 0.2) is 0 Å². The van der Waals surface area contributed by atoms with Crippen LogP contribution in [-0.4, -0.2) is 39.2 Å². The number of nitrogens with two attached hydrogens (primary N) is 1. The lowest BCUT2D eigenvalue weighted by molar-refractivity contribution is 0.203. The van der Waals surface area contributed by atoms with Gasteiger partial charge >= 0.3 is 0 Å². The molecule has 0 aliphatic carbocycles. The first-order valence-corrected chi connectivity index (χ1v) is 5.34. The predicted molar refractivity (Wildman–Crippen MR) is 63.3 cm³/mol. The van der Waals surface area contributed by atoms with E-state index in [-0.39, 0.29) is 19.3 Å². The van der Waals surface area contributed by atoms with E-state index in [1.54, 1.807) is 4.68 Å².